The van der Waals surface area contributed by atoms with Gasteiger partial charge < -0.3 is 19.8 Å². The fourth-order valence-electron chi connectivity index (χ4n) is 3.95. The van der Waals surface area contributed by atoms with Crippen LogP contribution in [-0.4, -0.2) is 65.1 Å². The van der Waals surface area contributed by atoms with Crippen LogP contribution in [0.1, 0.15) is 12.2 Å². The molecule has 1 aliphatic heterocycles. The van der Waals surface area contributed by atoms with Gasteiger partial charge in [0.25, 0.3) is 5.91 Å². The first-order chi connectivity index (χ1) is 17.0. The lowest BCUT2D eigenvalue weighted by molar-refractivity contribution is -0.177. The SMILES string of the molecule is CN1C(=O)C(O)(c2cc(-c3cccc(-c4ccnc(Nc5ccn(C)n5)n4)n3)no2)CC1C(F)(F)F. The minimum Gasteiger partial charge on any atom is -0.373 e. The smallest absolute Gasteiger partial charge is 0.373 e. The molecule has 0 saturated carbocycles. The molecular formula is C22H19F3N8O3. The van der Waals surface area contributed by atoms with E-state index in [1.807, 2.05) is 0 Å². The van der Waals surface area contributed by atoms with E-state index in [9.17, 15) is 23.1 Å². The molecule has 0 radical (unpaired) electrons. The Hall–Kier alpha value is -4.33. The summed E-state index contributed by atoms with van der Waals surface area (Å²) in [6.07, 6.45) is -2.29. The topological polar surface area (TPSA) is 135 Å². The van der Waals surface area contributed by atoms with Crippen molar-refractivity contribution < 1.29 is 27.6 Å². The lowest BCUT2D eigenvalue weighted by Gasteiger charge is -2.21. The highest BCUT2D eigenvalue weighted by Crippen LogP contribution is 2.43. The van der Waals surface area contributed by atoms with E-state index in [2.05, 4.69) is 30.5 Å². The van der Waals surface area contributed by atoms with Crippen LogP contribution < -0.4 is 5.32 Å². The van der Waals surface area contributed by atoms with E-state index in [0.29, 0.717) is 33.7 Å². The largest absolute Gasteiger partial charge is 0.408 e. The fraction of sp³-hybridized carbons (Fsp3) is 0.273. The Labute approximate surface area is 201 Å². The van der Waals surface area contributed by atoms with Gasteiger partial charge in [-0.05, 0) is 18.2 Å². The van der Waals surface area contributed by atoms with Crippen molar-refractivity contribution in [1.82, 2.24) is 34.8 Å². The molecule has 14 heteroatoms. The molecule has 0 aromatic carbocycles. The number of nitrogens with one attached hydrogen (secondary N) is 1. The van der Waals surface area contributed by atoms with Crippen LogP contribution in [0.25, 0.3) is 22.8 Å². The predicted octanol–water partition coefficient (Wildman–Crippen LogP) is 2.65. The maximum absolute atomic E-state index is 13.3. The first-order valence-electron chi connectivity index (χ1n) is 10.7. The molecule has 0 aliphatic carbocycles. The molecular weight excluding hydrogens is 481 g/mol. The Morgan fingerprint density at radius 2 is 1.83 bits per heavy atom. The number of likely N-dealkylation sites (tertiary alicyclic amines) is 1. The number of amides is 1. The van der Waals surface area contributed by atoms with Gasteiger partial charge in [0.1, 0.15) is 11.7 Å². The minimum absolute atomic E-state index is 0.132. The van der Waals surface area contributed by atoms with Gasteiger partial charge >= 0.3 is 6.18 Å². The van der Waals surface area contributed by atoms with Gasteiger partial charge in [0.15, 0.2) is 11.6 Å². The predicted molar refractivity (Wildman–Crippen MR) is 118 cm³/mol. The van der Waals surface area contributed by atoms with Gasteiger partial charge in [0, 0.05) is 45.0 Å². The number of aromatic nitrogens is 6. The molecule has 2 N–H and O–H groups in total. The van der Waals surface area contributed by atoms with Crippen LogP contribution in [0.4, 0.5) is 24.9 Å². The Bertz CT molecular complexity index is 1440. The third-order valence-electron chi connectivity index (χ3n) is 5.81. The second-order valence-electron chi connectivity index (χ2n) is 8.29. The summed E-state index contributed by atoms with van der Waals surface area (Å²) in [6.45, 7) is 0. The number of nitrogens with zero attached hydrogens (tertiary/aromatic N) is 7. The molecule has 1 fully saturated rings. The lowest BCUT2D eigenvalue weighted by atomic mass is 9.96. The van der Waals surface area contributed by atoms with Crippen molar-refractivity contribution in [2.75, 3.05) is 12.4 Å². The number of aliphatic hydroxyl groups is 1. The van der Waals surface area contributed by atoms with E-state index in [1.54, 1.807) is 54.5 Å². The molecule has 1 saturated heterocycles. The number of carbonyl (C=O) groups is 1. The second kappa shape index (κ2) is 8.41. The molecule has 4 aromatic rings. The number of carbonyl (C=O) groups excluding carboxylic acids is 1. The highest BCUT2D eigenvalue weighted by molar-refractivity contribution is 5.88. The summed E-state index contributed by atoms with van der Waals surface area (Å²) in [5.74, 6) is -0.655. The van der Waals surface area contributed by atoms with E-state index in [0.717, 1.165) is 7.05 Å². The van der Waals surface area contributed by atoms with Gasteiger partial charge in [0.05, 0.1) is 17.1 Å². The van der Waals surface area contributed by atoms with Crippen molar-refractivity contribution in [1.29, 1.82) is 0 Å². The summed E-state index contributed by atoms with van der Waals surface area (Å²) in [6, 6.07) is 7.47. The van der Waals surface area contributed by atoms with Crippen molar-refractivity contribution in [3.8, 4) is 22.8 Å². The molecule has 2 unspecified atom stereocenters. The molecule has 186 valence electrons. The molecule has 2 atom stereocenters. The van der Waals surface area contributed by atoms with Crippen LogP contribution in [0.3, 0.4) is 0 Å². The number of halogens is 3. The number of rotatable bonds is 5. The van der Waals surface area contributed by atoms with Crippen LogP contribution >= 0.6 is 0 Å². The van der Waals surface area contributed by atoms with E-state index >= 15 is 0 Å². The molecule has 0 spiro atoms. The molecule has 4 aromatic heterocycles. The van der Waals surface area contributed by atoms with Gasteiger partial charge in [-0.15, -0.1) is 0 Å². The standard InChI is InChI=1S/C22H19F3N8O3/c1-32-9-7-18(30-32)29-20-26-8-6-14(28-20)12-4-3-5-13(27-12)15-10-17(36-31-15)21(35)11-16(22(23,24)25)33(2)19(21)34/h3-10,16,35H,11H2,1-2H3,(H,26,28,29,30). The summed E-state index contributed by atoms with van der Waals surface area (Å²) >= 11 is 0. The molecule has 1 aliphatic rings. The molecule has 0 bridgehead atoms. The van der Waals surface area contributed by atoms with E-state index < -0.39 is 35.9 Å². The maximum Gasteiger partial charge on any atom is 0.408 e. The average Bonchev–Trinajstić information content (AvgIpc) is 3.55. The van der Waals surface area contributed by atoms with Crippen molar-refractivity contribution in [2.45, 2.75) is 24.2 Å². The first kappa shape index (κ1) is 23.4. The summed E-state index contributed by atoms with van der Waals surface area (Å²) in [7, 11) is 2.76. The van der Waals surface area contributed by atoms with Gasteiger partial charge in [-0.25, -0.2) is 15.0 Å². The van der Waals surface area contributed by atoms with Crippen LogP contribution in [-0.2, 0) is 17.4 Å². The van der Waals surface area contributed by atoms with Gasteiger partial charge in [0.2, 0.25) is 11.5 Å². The van der Waals surface area contributed by atoms with E-state index in [4.69, 9.17) is 4.52 Å². The average molecular weight is 500 g/mol. The van der Waals surface area contributed by atoms with Crippen molar-refractivity contribution in [2.24, 2.45) is 7.05 Å². The molecule has 1 amide bonds. The fourth-order valence-corrected chi connectivity index (χ4v) is 3.95. The van der Waals surface area contributed by atoms with Gasteiger partial charge in [-0.3, -0.25) is 9.48 Å². The van der Waals surface area contributed by atoms with Crippen molar-refractivity contribution >= 4 is 17.7 Å². The second-order valence-corrected chi connectivity index (χ2v) is 8.29. The zero-order valence-corrected chi connectivity index (χ0v) is 18.9. The summed E-state index contributed by atoms with van der Waals surface area (Å²) in [4.78, 5) is 26.1. The number of pyridine rings is 1. The molecule has 36 heavy (non-hydrogen) atoms. The number of aryl methyl sites for hydroxylation is 1. The summed E-state index contributed by atoms with van der Waals surface area (Å²) in [5, 5.41) is 21.8. The number of anilines is 2. The third-order valence-corrected chi connectivity index (χ3v) is 5.81. The highest BCUT2D eigenvalue weighted by atomic mass is 19.4. The summed E-state index contributed by atoms with van der Waals surface area (Å²) < 4.78 is 46.6. The first-order valence-corrected chi connectivity index (χ1v) is 10.7. The molecule has 5 rings (SSSR count). The summed E-state index contributed by atoms with van der Waals surface area (Å²) in [5.41, 5.74) is -1.12. The lowest BCUT2D eigenvalue weighted by Crippen LogP contribution is -2.41. The molecule has 11 nitrogen and oxygen atoms in total. The quantitative estimate of drug-likeness (QED) is 0.424. The number of hydrogen-bond donors (Lipinski definition) is 2. The van der Waals surface area contributed by atoms with Crippen molar-refractivity contribution in [3.63, 3.8) is 0 Å². The van der Waals surface area contributed by atoms with E-state index in [-0.39, 0.29) is 5.69 Å². The van der Waals surface area contributed by atoms with Crippen LogP contribution in [0.2, 0.25) is 0 Å². The van der Waals surface area contributed by atoms with E-state index in [1.165, 1.54) is 6.07 Å². The molecule has 5 heterocycles. The van der Waals surface area contributed by atoms with Gasteiger partial charge in [-0.1, -0.05) is 11.2 Å². The Morgan fingerprint density at radius 3 is 2.50 bits per heavy atom. The van der Waals surface area contributed by atoms with Crippen LogP contribution in [0.15, 0.2) is 53.3 Å². The zero-order valence-electron chi connectivity index (χ0n) is 18.9. The number of alkyl halides is 3. The Kier molecular flexibility index (Phi) is 5.47. The number of likely N-dealkylation sites (N-methyl/N-ethyl adjacent to an activating group) is 1. The van der Waals surface area contributed by atoms with Gasteiger partial charge in [-0.2, -0.15) is 18.3 Å². The van der Waals surface area contributed by atoms with Crippen LogP contribution in [0, 0.1) is 0 Å². The van der Waals surface area contributed by atoms with Crippen LogP contribution in [0.5, 0.6) is 0 Å². The zero-order chi connectivity index (χ0) is 25.7. The normalized spacial score (nSPS) is 20.2. The third kappa shape index (κ3) is 4.15. The number of hydrogen-bond acceptors (Lipinski definition) is 9. The van der Waals surface area contributed by atoms with Crippen molar-refractivity contribution in [3.05, 3.63) is 54.6 Å². The Balaban J connectivity index is 1.41. The Morgan fingerprint density at radius 1 is 1.11 bits per heavy atom. The minimum atomic E-state index is -4.70. The monoisotopic (exact) mass is 500 g/mol. The highest BCUT2D eigenvalue weighted by Gasteiger charge is 2.60. The maximum atomic E-state index is 13.3.